The fourth-order valence-electron chi connectivity index (χ4n) is 9.17. The standard InChI is InChI=1S/C63H117NO5/c1-3-5-7-9-11-13-15-17-19-25-28-31-35-39-43-47-51-55-61(66)60(59-65)64-62(67)56-52-48-44-40-36-32-29-26-23-21-20-22-24-27-30-34-38-42-46-50-54-58-69-63(68)57-53-49-45-41-37-33-18-16-14-12-10-8-6-4-2/h16,18,34,38,46,50-51,55,60-61,65-66H,3-15,17,19-33,35-37,39-45,47-49,52-54,56-59H2,1-2H3,(H,64,67)/b18-16-,38-34-,50-46-,55-51+. The number of carbonyl (C=O) groups is 2. The van der Waals surface area contributed by atoms with Crippen molar-refractivity contribution in [1.82, 2.24) is 5.32 Å². The Morgan fingerprint density at radius 3 is 1.12 bits per heavy atom. The quantitative estimate of drug-likeness (QED) is 0.0321. The molecule has 0 heterocycles. The number of hydrogen-bond acceptors (Lipinski definition) is 5. The Kier molecular flexibility index (Phi) is 56.5. The van der Waals surface area contributed by atoms with Crippen molar-refractivity contribution in [3.8, 4) is 0 Å². The van der Waals surface area contributed by atoms with Gasteiger partial charge in [0.25, 0.3) is 0 Å². The van der Waals surface area contributed by atoms with Crippen LogP contribution in [-0.2, 0) is 14.3 Å². The van der Waals surface area contributed by atoms with Crippen LogP contribution in [0.15, 0.2) is 48.6 Å². The average Bonchev–Trinajstić information content (AvgIpc) is 3.35. The van der Waals surface area contributed by atoms with E-state index in [-0.39, 0.29) is 18.5 Å². The maximum atomic E-state index is 12.5. The Hall–Kier alpha value is -2.18. The van der Waals surface area contributed by atoms with E-state index < -0.39 is 12.1 Å². The van der Waals surface area contributed by atoms with E-state index in [1.807, 2.05) is 6.08 Å². The van der Waals surface area contributed by atoms with Gasteiger partial charge in [-0.3, -0.25) is 9.59 Å². The zero-order valence-corrected chi connectivity index (χ0v) is 46.0. The Morgan fingerprint density at radius 1 is 0.406 bits per heavy atom. The van der Waals surface area contributed by atoms with Crippen molar-refractivity contribution in [2.45, 2.75) is 328 Å². The first-order valence-corrected chi connectivity index (χ1v) is 30.4. The van der Waals surface area contributed by atoms with E-state index in [0.717, 1.165) is 51.4 Å². The van der Waals surface area contributed by atoms with Gasteiger partial charge in [0.1, 0.15) is 0 Å². The van der Waals surface area contributed by atoms with Gasteiger partial charge < -0.3 is 20.3 Å². The predicted molar refractivity (Wildman–Crippen MR) is 301 cm³/mol. The van der Waals surface area contributed by atoms with Crippen molar-refractivity contribution in [2.24, 2.45) is 0 Å². The lowest BCUT2D eigenvalue weighted by atomic mass is 10.0. The summed E-state index contributed by atoms with van der Waals surface area (Å²) < 4.78 is 5.41. The van der Waals surface area contributed by atoms with Gasteiger partial charge in [0, 0.05) is 12.8 Å². The molecule has 0 fully saturated rings. The van der Waals surface area contributed by atoms with Crippen LogP contribution in [0.4, 0.5) is 0 Å². The lowest BCUT2D eigenvalue weighted by Crippen LogP contribution is -2.45. The molecule has 6 heteroatoms. The van der Waals surface area contributed by atoms with Gasteiger partial charge in [-0.2, -0.15) is 0 Å². The monoisotopic (exact) mass is 968 g/mol. The number of unbranched alkanes of at least 4 members (excludes halogenated alkanes) is 39. The first-order chi connectivity index (χ1) is 34.0. The largest absolute Gasteiger partial charge is 0.465 e. The summed E-state index contributed by atoms with van der Waals surface area (Å²) in [5, 5.41) is 23.1. The topological polar surface area (TPSA) is 95.9 Å². The van der Waals surface area contributed by atoms with Crippen LogP contribution in [0, 0.1) is 0 Å². The second-order valence-corrected chi connectivity index (χ2v) is 20.7. The van der Waals surface area contributed by atoms with Gasteiger partial charge in [-0.1, -0.05) is 274 Å². The van der Waals surface area contributed by atoms with Crippen LogP contribution in [0.25, 0.3) is 0 Å². The molecule has 0 radical (unpaired) electrons. The summed E-state index contributed by atoms with van der Waals surface area (Å²) in [6.45, 7) is 4.79. The number of allylic oxidation sites excluding steroid dienone is 6. The summed E-state index contributed by atoms with van der Waals surface area (Å²) in [6, 6.07) is -0.633. The molecule has 3 N–H and O–H groups in total. The smallest absolute Gasteiger partial charge is 0.305 e. The Bertz CT molecular complexity index is 1160. The second kappa shape index (κ2) is 58.4. The van der Waals surface area contributed by atoms with E-state index in [0.29, 0.717) is 19.4 Å². The summed E-state index contributed by atoms with van der Waals surface area (Å²) in [6.07, 6.45) is 74.4. The number of rotatable bonds is 56. The Labute approximate surface area is 429 Å². The van der Waals surface area contributed by atoms with Crippen LogP contribution >= 0.6 is 0 Å². The SMILES string of the molecule is CCCCCCC/C=C\CCCCCCCC(=O)OCC/C=C\C/C=C\CCCCCCCCCCCCCCCCC(=O)NC(CO)C(O)/C=C/CCCCCCCCCCCCCCCCC. The third kappa shape index (κ3) is 55.0. The molecular formula is C63H117NO5. The maximum Gasteiger partial charge on any atom is 0.305 e. The number of nitrogens with one attached hydrogen (secondary N) is 1. The minimum absolute atomic E-state index is 0.0447. The van der Waals surface area contributed by atoms with E-state index in [2.05, 4.69) is 55.6 Å². The Balaban J connectivity index is 3.49. The van der Waals surface area contributed by atoms with Crippen molar-refractivity contribution in [1.29, 1.82) is 0 Å². The highest BCUT2D eigenvalue weighted by Crippen LogP contribution is 2.17. The molecule has 404 valence electrons. The first-order valence-electron chi connectivity index (χ1n) is 30.4. The highest BCUT2D eigenvalue weighted by molar-refractivity contribution is 5.76. The normalized spacial score (nSPS) is 12.9. The molecule has 2 atom stereocenters. The minimum Gasteiger partial charge on any atom is -0.465 e. The van der Waals surface area contributed by atoms with E-state index in [1.165, 1.54) is 238 Å². The molecule has 6 nitrogen and oxygen atoms in total. The molecule has 0 bridgehead atoms. The summed E-state index contributed by atoms with van der Waals surface area (Å²) >= 11 is 0. The lowest BCUT2D eigenvalue weighted by molar-refractivity contribution is -0.143. The third-order valence-corrected chi connectivity index (χ3v) is 13.8. The number of aliphatic hydroxyl groups excluding tert-OH is 2. The molecule has 69 heavy (non-hydrogen) atoms. The van der Waals surface area contributed by atoms with Gasteiger partial charge >= 0.3 is 5.97 Å². The van der Waals surface area contributed by atoms with Crippen molar-refractivity contribution in [2.75, 3.05) is 13.2 Å². The zero-order valence-electron chi connectivity index (χ0n) is 46.0. The van der Waals surface area contributed by atoms with Crippen molar-refractivity contribution in [3.63, 3.8) is 0 Å². The molecular weight excluding hydrogens is 851 g/mol. The van der Waals surface area contributed by atoms with Gasteiger partial charge in [-0.05, 0) is 77.0 Å². The molecule has 0 saturated heterocycles. The second-order valence-electron chi connectivity index (χ2n) is 20.7. The number of esters is 1. The van der Waals surface area contributed by atoms with Gasteiger partial charge in [0.05, 0.1) is 25.4 Å². The molecule has 0 aromatic carbocycles. The molecule has 2 unspecified atom stereocenters. The predicted octanol–water partition coefficient (Wildman–Crippen LogP) is 19.0. The summed E-state index contributed by atoms with van der Waals surface area (Å²) in [5.41, 5.74) is 0. The maximum absolute atomic E-state index is 12.5. The molecule has 0 aliphatic rings. The van der Waals surface area contributed by atoms with E-state index in [9.17, 15) is 19.8 Å². The zero-order chi connectivity index (χ0) is 50.0. The Morgan fingerprint density at radius 2 is 0.725 bits per heavy atom. The van der Waals surface area contributed by atoms with Gasteiger partial charge in [-0.15, -0.1) is 0 Å². The summed E-state index contributed by atoms with van der Waals surface area (Å²) in [5.74, 6) is -0.117. The van der Waals surface area contributed by atoms with E-state index >= 15 is 0 Å². The van der Waals surface area contributed by atoms with Crippen LogP contribution in [-0.4, -0.2) is 47.4 Å². The fourth-order valence-corrected chi connectivity index (χ4v) is 9.17. The number of ether oxygens (including phenoxy) is 1. The lowest BCUT2D eigenvalue weighted by Gasteiger charge is -2.20. The van der Waals surface area contributed by atoms with Crippen LogP contribution in [0.3, 0.4) is 0 Å². The number of hydrogen-bond donors (Lipinski definition) is 3. The molecule has 0 saturated carbocycles. The van der Waals surface area contributed by atoms with Crippen LogP contribution in [0.5, 0.6) is 0 Å². The van der Waals surface area contributed by atoms with Crippen molar-refractivity contribution >= 4 is 11.9 Å². The van der Waals surface area contributed by atoms with E-state index in [1.54, 1.807) is 6.08 Å². The molecule has 1 amide bonds. The van der Waals surface area contributed by atoms with Gasteiger partial charge in [0.2, 0.25) is 5.91 Å². The number of carbonyl (C=O) groups excluding carboxylic acids is 2. The first kappa shape index (κ1) is 66.8. The van der Waals surface area contributed by atoms with Crippen LogP contribution < -0.4 is 5.32 Å². The molecule has 0 aromatic heterocycles. The highest BCUT2D eigenvalue weighted by Gasteiger charge is 2.18. The fraction of sp³-hybridized carbons (Fsp3) is 0.841. The molecule has 0 aliphatic heterocycles. The average molecular weight is 969 g/mol. The van der Waals surface area contributed by atoms with Crippen molar-refractivity contribution in [3.05, 3.63) is 48.6 Å². The molecule has 0 aliphatic carbocycles. The number of amides is 1. The molecule has 0 rings (SSSR count). The molecule has 0 aromatic rings. The number of aliphatic hydroxyl groups is 2. The van der Waals surface area contributed by atoms with Crippen LogP contribution in [0.2, 0.25) is 0 Å². The van der Waals surface area contributed by atoms with Crippen molar-refractivity contribution < 1.29 is 24.5 Å². The van der Waals surface area contributed by atoms with Gasteiger partial charge in [0.15, 0.2) is 0 Å². The van der Waals surface area contributed by atoms with E-state index in [4.69, 9.17) is 4.74 Å². The highest BCUT2D eigenvalue weighted by atomic mass is 16.5. The summed E-state index contributed by atoms with van der Waals surface area (Å²) in [4.78, 5) is 24.5. The van der Waals surface area contributed by atoms with Crippen LogP contribution in [0.1, 0.15) is 316 Å². The molecule has 0 spiro atoms. The van der Waals surface area contributed by atoms with Gasteiger partial charge in [-0.25, -0.2) is 0 Å². The third-order valence-electron chi connectivity index (χ3n) is 13.8. The summed E-state index contributed by atoms with van der Waals surface area (Å²) in [7, 11) is 0. The minimum atomic E-state index is -0.849.